The van der Waals surface area contributed by atoms with Gasteiger partial charge in [0, 0.05) is 87.4 Å². The van der Waals surface area contributed by atoms with Crippen LogP contribution >= 0.6 is 0 Å². The van der Waals surface area contributed by atoms with Gasteiger partial charge in [0.1, 0.15) is 22.3 Å². The second-order valence-corrected chi connectivity index (χ2v) is 35.8. The Balaban J connectivity index is 0.660. The van der Waals surface area contributed by atoms with E-state index in [4.69, 9.17) is 26.5 Å². The lowest BCUT2D eigenvalue weighted by molar-refractivity contribution is 0.664. The van der Waals surface area contributed by atoms with E-state index in [1.807, 2.05) is 24.3 Å². The van der Waals surface area contributed by atoms with Crippen LogP contribution in [0.4, 0.5) is 68.2 Å². The van der Waals surface area contributed by atoms with E-state index in [9.17, 15) is 0 Å². The van der Waals surface area contributed by atoms with E-state index in [1.54, 1.807) is 0 Å². The molecule has 28 rings (SSSR count). The number of furan rings is 6. The first kappa shape index (κ1) is 76.7. The summed E-state index contributed by atoms with van der Waals surface area (Å²) in [5, 5.41) is 20.5. The minimum absolute atomic E-state index is 0.704. The third-order valence-electron chi connectivity index (χ3n) is 27.8. The highest BCUT2D eigenvalue weighted by molar-refractivity contribution is 6.34. The highest BCUT2D eigenvalue weighted by Crippen LogP contribution is 2.58. The highest BCUT2D eigenvalue weighted by atomic mass is 16.4. The largest absolute Gasteiger partial charge is 0.454 e. The van der Waals surface area contributed by atoms with Gasteiger partial charge in [-0.25, -0.2) is 0 Å². The zero-order valence-electron chi connectivity index (χ0n) is 73.8. The molecule has 28 aromatic rings. The molecule has 10 nitrogen and oxygen atoms in total. The third-order valence-corrected chi connectivity index (χ3v) is 27.8. The number of fused-ring (bicyclic) bond motifs is 26. The fraction of sp³-hybridized carbons (Fsp3) is 0.0159. The normalized spacial score (nSPS) is 12.0. The summed E-state index contributed by atoms with van der Waals surface area (Å²) in [4.78, 5) is 9.41. The van der Waals surface area contributed by atoms with Crippen molar-refractivity contribution in [3.05, 3.63) is 448 Å². The molecule has 22 aromatic carbocycles. The maximum atomic E-state index is 8.11. The van der Waals surface area contributed by atoms with Crippen molar-refractivity contribution in [1.82, 2.24) is 0 Å². The summed E-state index contributed by atoms with van der Waals surface area (Å²) in [6, 6.07) is 157. The minimum Gasteiger partial charge on any atom is -0.454 e. The number of nitrogens with zero attached hydrogens (tertiary/aromatic N) is 4. The Kier molecular flexibility index (Phi) is 17.0. The van der Waals surface area contributed by atoms with Crippen molar-refractivity contribution >= 4 is 243 Å². The van der Waals surface area contributed by atoms with Crippen molar-refractivity contribution < 1.29 is 26.5 Å². The smallest absolute Gasteiger partial charge is 0.160 e. The maximum absolute atomic E-state index is 8.11. The van der Waals surface area contributed by atoms with E-state index in [-0.39, 0.29) is 0 Å². The summed E-state index contributed by atoms with van der Waals surface area (Å²) < 4.78 is 44.5. The molecule has 0 aliphatic rings. The standard InChI is InChI=1S/C126H78N4O6/c1-75-57-62-87(63-58-75)127(103-49-23-45-99-95-41-12-16-53-111(95)131-119(99)103)107-71-83-29-6-11-40-93(83)117-118-94-66-61-82(68-86(94)74-110(126(118)135-123(107)117)128(88-64-59-76(2)60-65-88)104-50-24-46-100-96-42-13-17-54-112(96)132-120(100)104)79-33-20-32-78(67-79)81-35-22-37-90(70-81)130(106-52-26-48-102-98-44-15-19-56-114(98)134-122(102)106)109-73-85-31-8-10-39-92(85)116-115-91-38-9-7-30-84(91)72-108(124(115)136-125(109)116)129(89-36-21-34-80(69-89)77-27-4-3-5-28-77)105-51-25-47-101-97-43-14-18-55-113(97)133-121(101)105/h3-74H,1-2H3. The van der Waals surface area contributed by atoms with E-state index in [0.717, 1.165) is 271 Å². The van der Waals surface area contributed by atoms with E-state index >= 15 is 0 Å². The summed E-state index contributed by atoms with van der Waals surface area (Å²) >= 11 is 0. The van der Waals surface area contributed by atoms with E-state index in [1.165, 1.54) is 0 Å². The maximum Gasteiger partial charge on any atom is 0.160 e. The average Bonchev–Trinajstić information content (AvgIpc) is 1.61. The molecule has 0 fully saturated rings. The van der Waals surface area contributed by atoms with Gasteiger partial charge in [-0.3, -0.25) is 0 Å². The van der Waals surface area contributed by atoms with Crippen molar-refractivity contribution in [3.63, 3.8) is 0 Å². The van der Waals surface area contributed by atoms with E-state index in [0.29, 0.717) is 16.7 Å². The van der Waals surface area contributed by atoms with Gasteiger partial charge in [-0.1, -0.05) is 314 Å². The second kappa shape index (κ2) is 30.2. The van der Waals surface area contributed by atoms with Gasteiger partial charge in [-0.15, -0.1) is 0 Å². The molecule has 10 heteroatoms. The molecule has 0 saturated heterocycles. The Morgan fingerprint density at radius 2 is 0.412 bits per heavy atom. The molecule has 0 amide bonds. The molecule has 0 unspecified atom stereocenters. The fourth-order valence-corrected chi connectivity index (χ4v) is 21.6. The molecule has 0 bridgehead atoms. The quantitative estimate of drug-likeness (QED) is 0.0988. The first-order chi connectivity index (χ1) is 67.2. The van der Waals surface area contributed by atoms with Gasteiger partial charge < -0.3 is 46.1 Å². The molecular weight excluding hydrogens is 1670 g/mol. The van der Waals surface area contributed by atoms with Crippen molar-refractivity contribution in [2.24, 2.45) is 0 Å². The Labute approximate surface area is 779 Å². The molecule has 0 spiro atoms. The predicted molar refractivity (Wildman–Crippen MR) is 565 cm³/mol. The van der Waals surface area contributed by atoms with Gasteiger partial charge in [0.2, 0.25) is 0 Å². The topological polar surface area (TPSA) is 91.8 Å². The van der Waals surface area contributed by atoms with E-state index in [2.05, 4.69) is 446 Å². The van der Waals surface area contributed by atoms with Gasteiger partial charge in [-0.2, -0.15) is 0 Å². The number of rotatable bonds is 15. The Morgan fingerprint density at radius 1 is 0.147 bits per heavy atom. The van der Waals surface area contributed by atoms with Crippen LogP contribution in [0.15, 0.2) is 463 Å². The first-order valence-electron chi connectivity index (χ1n) is 46.2. The zero-order chi connectivity index (χ0) is 89.5. The number of hydrogen-bond donors (Lipinski definition) is 0. The molecule has 0 aliphatic carbocycles. The molecule has 638 valence electrons. The Bertz CT molecular complexity index is 9840. The highest BCUT2D eigenvalue weighted by Gasteiger charge is 2.34. The monoisotopic (exact) mass is 1740 g/mol. The molecule has 136 heavy (non-hydrogen) atoms. The second-order valence-electron chi connectivity index (χ2n) is 35.8. The van der Waals surface area contributed by atoms with Crippen LogP contribution < -0.4 is 19.6 Å². The molecule has 0 saturated carbocycles. The summed E-state index contributed by atoms with van der Waals surface area (Å²) in [5.41, 5.74) is 28.2. The lowest BCUT2D eigenvalue weighted by Gasteiger charge is -2.27. The number of anilines is 12. The van der Waals surface area contributed by atoms with Gasteiger partial charge in [-0.05, 0) is 224 Å². The zero-order valence-corrected chi connectivity index (χ0v) is 73.8. The average molecular weight is 1740 g/mol. The van der Waals surface area contributed by atoms with E-state index < -0.39 is 0 Å². The van der Waals surface area contributed by atoms with Crippen molar-refractivity contribution in [2.45, 2.75) is 13.8 Å². The molecule has 0 radical (unpaired) electrons. The van der Waals surface area contributed by atoms with Crippen LogP contribution in [0.1, 0.15) is 11.1 Å². The first-order valence-corrected chi connectivity index (χ1v) is 46.2. The van der Waals surface area contributed by atoms with Crippen LogP contribution in [0.2, 0.25) is 0 Å². The minimum atomic E-state index is 0.704. The molecule has 6 heterocycles. The van der Waals surface area contributed by atoms with Crippen molar-refractivity contribution in [3.8, 4) is 33.4 Å². The molecule has 0 aliphatic heterocycles. The molecule has 6 aromatic heterocycles. The van der Waals surface area contributed by atoms with Crippen LogP contribution in [0.5, 0.6) is 0 Å². The SMILES string of the molecule is Cc1ccc(N(c2cccc3c2oc2ccccc23)c2cc3ccccc3c3c2oc2c(N(c4ccc(C)cc4)c4cccc5c4oc4ccccc45)cc4cc(-c5cccc(-c6cccc(N(c7cccc8c7oc7ccccc78)c7cc8ccccc8c8c7oc7c(N(c9cccc(-c%10ccccc%10)c9)c9cccc%10c9oc9ccccc9%10)cc9ccccc9c78)c6)c5)ccc4c23)cc1. The molecule has 0 N–H and O–H groups in total. The molecule has 0 atom stereocenters. The van der Waals surface area contributed by atoms with Gasteiger partial charge in [0.25, 0.3) is 0 Å². The summed E-state index contributed by atoms with van der Waals surface area (Å²) in [6.45, 7) is 4.28. The Morgan fingerprint density at radius 3 is 0.779 bits per heavy atom. The third kappa shape index (κ3) is 11.9. The van der Waals surface area contributed by atoms with Crippen LogP contribution in [0, 0.1) is 13.8 Å². The van der Waals surface area contributed by atoms with Gasteiger partial charge >= 0.3 is 0 Å². The lowest BCUT2D eigenvalue weighted by atomic mass is 9.94. The molecular formula is C126H78N4O6. The van der Waals surface area contributed by atoms with Crippen LogP contribution in [-0.4, -0.2) is 0 Å². The van der Waals surface area contributed by atoms with Crippen LogP contribution in [0.3, 0.4) is 0 Å². The van der Waals surface area contributed by atoms with Gasteiger partial charge in [0.15, 0.2) is 44.7 Å². The van der Waals surface area contributed by atoms with Gasteiger partial charge in [0.05, 0.1) is 45.5 Å². The number of aryl methyl sites for hydroxylation is 2. The summed E-state index contributed by atoms with van der Waals surface area (Å²) in [7, 11) is 0. The summed E-state index contributed by atoms with van der Waals surface area (Å²) in [5.74, 6) is 0. The van der Waals surface area contributed by atoms with Crippen molar-refractivity contribution in [2.75, 3.05) is 19.6 Å². The summed E-state index contributed by atoms with van der Waals surface area (Å²) in [6.07, 6.45) is 0. The predicted octanol–water partition coefficient (Wildman–Crippen LogP) is 37.2. The van der Waals surface area contributed by atoms with Crippen LogP contribution in [0.25, 0.3) is 208 Å². The van der Waals surface area contributed by atoms with Crippen LogP contribution in [-0.2, 0) is 0 Å². The number of benzene rings is 22. The Hall–Kier alpha value is -18.1. The fourth-order valence-electron chi connectivity index (χ4n) is 21.6. The number of para-hydroxylation sites is 8. The number of hydrogen-bond acceptors (Lipinski definition) is 10. The lowest BCUT2D eigenvalue weighted by Crippen LogP contribution is -2.11. The van der Waals surface area contributed by atoms with Crippen molar-refractivity contribution in [1.29, 1.82) is 0 Å².